The first kappa shape index (κ1) is 22.2. The molecule has 0 aliphatic rings. The zero-order chi connectivity index (χ0) is 23.4. The number of fused-ring (bicyclic) bond motifs is 1. The smallest absolute Gasteiger partial charge is 0.343 e. The summed E-state index contributed by atoms with van der Waals surface area (Å²) in [4.78, 5) is 25.1. The Balaban J connectivity index is 1.52. The van der Waals surface area contributed by atoms with E-state index in [1.54, 1.807) is 42.5 Å². The predicted octanol–water partition coefficient (Wildman–Crippen LogP) is 5.60. The van der Waals surface area contributed by atoms with Crippen molar-refractivity contribution in [3.8, 4) is 11.5 Å². The minimum absolute atomic E-state index is 0.103. The molecular weight excluding hydrogens is 484 g/mol. The van der Waals surface area contributed by atoms with Gasteiger partial charge in [0.1, 0.15) is 11.5 Å². The van der Waals surface area contributed by atoms with Crippen molar-refractivity contribution in [3.63, 3.8) is 0 Å². The number of nitrogens with zero attached hydrogens (tertiary/aromatic N) is 1. The number of rotatable bonds is 5. The van der Waals surface area contributed by atoms with Gasteiger partial charge in [-0.2, -0.15) is 5.10 Å². The molecule has 0 aromatic heterocycles. The van der Waals surface area contributed by atoms with E-state index in [1.165, 1.54) is 12.3 Å². The summed E-state index contributed by atoms with van der Waals surface area (Å²) in [5.41, 5.74) is 4.37. The van der Waals surface area contributed by atoms with E-state index in [0.717, 1.165) is 20.8 Å². The van der Waals surface area contributed by atoms with Crippen molar-refractivity contribution in [1.29, 1.82) is 0 Å². The van der Waals surface area contributed by atoms with Gasteiger partial charge in [-0.05, 0) is 60.2 Å². The van der Waals surface area contributed by atoms with Gasteiger partial charge < -0.3 is 9.84 Å². The SMILES string of the molecule is Cc1cccc(C(=O)Oc2ccc(Br)cc2/C=N/NC(=O)c2cc3ccccc3cc2O)c1. The van der Waals surface area contributed by atoms with Crippen molar-refractivity contribution < 1.29 is 19.4 Å². The second-order valence-corrected chi connectivity index (χ2v) is 8.27. The van der Waals surface area contributed by atoms with Crippen molar-refractivity contribution >= 4 is 44.8 Å². The Morgan fingerprint density at radius 2 is 1.73 bits per heavy atom. The van der Waals surface area contributed by atoms with Crippen LogP contribution in [0, 0.1) is 6.92 Å². The molecule has 0 radical (unpaired) electrons. The molecule has 4 rings (SSSR count). The van der Waals surface area contributed by atoms with E-state index < -0.39 is 11.9 Å². The van der Waals surface area contributed by atoms with E-state index in [4.69, 9.17) is 4.74 Å². The number of amides is 1. The molecule has 0 spiro atoms. The molecule has 6 nitrogen and oxygen atoms in total. The second-order valence-electron chi connectivity index (χ2n) is 7.36. The molecule has 164 valence electrons. The van der Waals surface area contributed by atoms with Crippen LogP contribution in [0.3, 0.4) is 0 Å². The maximum Gasteiger partial charge on any atom is 0.343 e. The Labute approximate surface area is 198 Å². The van der Waals surface area contributed by atoms with Gasteiger partial charge in [0.15, 0.2) is 0 Å². The lowest BCUT2D eigenvalue weighted by molar-refractivity contribution is 0.0734. The third-order valence-corrected chi connectivity index (χ3v) is 5.40. The first-order valence-corrected chi connectivity index (χ1v) is 10.8. The highest BCUT2D eigenvalue weighted by molar-refractivity contribution is 9.10. The lowest BCUT2D eigenvalue weighted by Gasteiger charge is -2.09. The Hall–Kier alpha value is -3.97. The molecule has 2 N–H and O–H groups in total. The summed E-state index contributed by atoms with van der Waals surface area (Å²) in [5, 5.41) is 15.9. The summed E-state index contributed by atoms with van der Waals surface area (Å²) in [6, 6.07) is 22.7. The van der Waals surface area contributed by atoms with Gasteiger partial charge in [0.2, 0.25) is 0 Å². The van der Waals surface area contributed by atoms with Gasteiger partial charge in [0.05, 0.1) is 17.3 Å². The minimum Gasteiger partial charge on any atom is -0.507 e. The molecule has 4 aromatic carbocycles. The molecule has 0 bridgehead atoms. The third kappa shape index (κ3) is 5.27. The van der Waals surface area contributed by atoms with Gasteiger partial charge in [0.25, 0.3) is 5.91 Å². The molecule has 0 atom stereocenters. The average molecular weight is 503 g/mol. The van der Waals surface area contributed by atoms with Crippen LogP contribution in [0.4, 0.5) is 0 Å². The number of hydrogen-bond donors (Lipinski definition) is 2. The van der Waals surface area contributed by atoms with Crippen LogP contribution < -0.4 is 10.2 Å². The van der Waals surface area contributed by atoms with Crippen LogP contribution in [0.5, 0.6) is 11.5 Å². The molecular formula is C26H19BrN2O4. The van der Waals surface area contributed by atoms with Crippen molar-refractivity contribution in [2.45, 2.75) is 6.92 Å². The zero-order valence-electron chi connectivity index (χ0n) is 17.6. The van der Waals surface area contributed by atoms with E-state index >= 15 is 0 Å². The summed E-state index contributed by atoms with van der Waals surface area (Å²) >= 11 is 3.38. The van der Waals surface area contributed by atoms with Crippen LogP contribution in [0.2, 0.25) is 0 Å². The summed E-state index contributed by atoms with van der Waals surface area (Å²) in [6.07, 6.45) is 1.37. The molecule has 0 unspecified atom stereocenters. The maximum absolute atomic E-state index is 12.6. The summed E-state index contributed by atoms with van der Waals surface area (Å²) in [6.45, 7) is 1.89. The number of aromatic hydroxyl groups is 1. The van der Waals surface area contributed by atoms with Crippen LogP contribution in [0.15, 0.2) is 88.4 Å². The molecule has 4 aromatic rings. The fourth-order valence-electron chi connectivity index (χ4n) is 3.27. The van der Waals surface area contributed by atoms with Crippen molar-refractivity contribution in [3.05, 3.63) is 106 Å². The Bertz CT molecular complexity index is 1400. The van der Waals surface area contributed by atoms with Gasteiger partial charge in [-0.25, -0.2) is 10.2 Å². The van der Waals surface area contributed by atoms with Crippen molar-refractivity contribution in [1.82, 2.24) is 5.43 Å². The van der Waals surface area contributed by atoms with E-state index in [-0.39, 0.29) is 17.1 Å². The predicted molar refractivity (Wildman–Crippen MR) is 131 cm³/mol. The second kappa shape index (κ2) is 9.67. The summed E-state index contributed by atoms with van der Waals surface area (Å²) < 4.78 is 6.30. The average Bonchev–Trinajstić information content (AvgIpc) is 2.80. The highest BCUT2D eigenvalue weighted by atomic mass is 79.9. The number of hydrazone groups is 1. The topological polar surface area (TPSA) is 88.0 Å². The summed E-state index contributed by atoms with van der Waals surface area (Å²) in [7, 11) is 0. The molecule has 0 aliphatic carbocycles. The highest BCUT2D eigenvalue weighted by Crippen LogP contribution is 2.25. The number of ether oxygens (including phenoxy) is 1. The van der Waals surface area contributed by atoms with Crippen LogP contribution in [-0.2, 0) is 0 Å². The molecule has 0 saturated heterocycles. The van der Waals surface area contributed by atoms with Crippen molar-refractivity contribution in [2.24, 2.45) is 5.10 Å². The van der Waals surface area contributed by atoms with Crippen LogP contribution in [0.1, 0.15) is 31.8 Å². The zero-order valence-corrected chi connectivity index (χ0v) is 19.2. The van der Waals surface area contributed by atoms with E-state index in [1.807, 2.05) is 37.3 Å². The lowest BCUT2D eigenvalue weighted by Crippen LogP contribution is -2.18. The molecule has 7 heteroatoms. The molecule has 0 heterocycles. The third-order valence-electron chi connectivity index (χ3n) is 4.91. The number of halogens is 1. The number of hydrogen-bond acceptors (Lipinski definition) is 5. The van der Waals surface area contributed by atoms with Gasteiger partial charge in [-0.15, -0.1) is 0 Å². The molecule has 1 amide bonds. The lowest BCUT2D eigenvalue weighted by atomic mass is 10.1. The van der Waals surface area contributed by atoms with E-state index in [2.05, 4.69) is 26.5 Å². The molecule has 0 saturated carbocycles. The number of carbonyl (C=O) groups excluding carboxylic acids is 2. The van der Waals surface area contributed by atoms with Gasteiger partial charge in [0, 0.05) is 10.0 Å². The normalized spacial score (nSPS) is 11.0. The van der Waals surface area contributed by atoms with Crippen molar-refractivity contribution in [2.75, 3.05) is 0 Å². The highest BCUT2D eigenvalue weighted by Gasteiger charge is 2.14. The molecule has 0 fully saturated rings. The number of nitrogens with one attached hydrogen (secondary N) is 1. The molecule has 33 heavy (non-hydrogen) atoms. The number of phenols is 1. The fraction of sp³-hybridized carbons (Fsp3) is 0.0385. The fourth-order valence-corrected chi connectivity index (χ4v) is 3.65. The largest absolute Gasteiger partial charge is 0.507 e. The summed E-state index contributed by atoms with van der Waals surface area (Å²) in [5.74, 6) is -0.920. The number of phenolic OH excluding ortho intramolecular Hbond substituents is 1. The van der Waals surface area contributed by atoms with Crippen LogP contribution >= 0.6 is 15.9 Å². The van der Waals surface area contributed by atoms with E-state index in [0.29, 0.717) is 11.1 Å². The standard InChI is InChI=1S/C26H19BrN2O4/c1-16-5-4-8-19(11-16)26(32)33-24-10-9-21(27)12-20(24)15-28-29-25(31)22-13-17-6-2-3-7-18(17)14-23(22)30/h2-15,30H,1H3,(H,29,31)/b28-15+. The first-order chi connectivity index (χ1) is 15.9. The first-order valence-electron chi connectivity index (χ1n) is 10.0. The number of carbonyl (C=O) groups is 2. The van der Waals surface area contributed by atoms with Gasteiger partial charge in [-0.1, -0.05) is 57.9 Å². The van der Waals surface area contributed by atoms with Crippen LogP contribution in [0.25, 0.3) is 10.8 Å². The minimum atomic E-state index is -0.567. The number of esters is 1. The van der Waals surface area contributed by atoms with Crippen LogP contribution in [-0.4, -0.2) is 23.2 Å². The quantitative estimate of drug-likeness (QED) is 0.161. The monoisotopic (exact) mass is 502 g/mol. The Kier molecular flexibility index (Phi) is 6.51. The van der Waals surface area contributed by atoms with Gasteiger partial charge >= 0.3 is 5.97 Å². The number of aryl methyl sites for hydroxylation is 1. The Morgan fingerprint density at radius 1 is 0.970 bits per heavy atom. The van der Waals surface area contributed by atoms with E-state index in [9.17, 15) is 14.7 Å². The molecule has 0 aliphatic heterocycles. The maximum atomic E-state index is 12.6. The van der Waals surface area contributed by atoms with Gasteiger partial charge in [-0.3, -0.25) is 4.79 Å². The number of benzene rings is 4. The Morgan fingerprint density at radius 3 is 2.48 bits per heavy atom.